The molecule has 158 valence electrons. The molecule has 0 fully saturated rings. The molecule has 0 spiro atoms. The number of amides is 1. The van der Waals surface area contributed by atoms with Crippen molar-refractivity contribution in [2.75, 3.05) is 13.2 Å². The summed E-state index contributed by atoms with van der Waals surface area (Å²) in [7, 11) is 0. The van der Waals surface area contributed by atoms with Crippen LogP contribution in [-0.4, -0.2) is 30.0 Å². The summed E-state index contributed by atoms with van der Waals surface area (Å²) >= 11 is 0. The highest BCUT2D eigenvalue weighted by Crippen LogP contribution is 2.27. The van der Waals surface area contributed by atoms with Crippen LogP contribution < -0.4 is 5.32 Å². The molecule has 3 rings (SSSR count). The van der Waals surface area contributed by atoms with Crippen molar-refractivity contribution in [3.05, 3.63) is 65.7 Å². The zero-order valence-electron chi connectivity index (χ0n) is 17.7. The third-order valence-corrected chi connectivity index (χ3v) is 5.22. The first-order valence-electron chi connectivity index (χ1n) is 10.3. The summed E-state index contributed by atoms with van der Waals surface area (Å²) in [6, 6.07) is 19.2. The minimum absolute atomic E-state index is 0.202. The highest BCUT2D eigenvalue weighted by atomic mass is 16.5. The van der Waals surface area contributed by atoms with Gasteiger partial charge in [0, 0.05) is 17.5 Å². The number of fused-ring (bicyclic) bond motifs is 1. The number of ether oxygens (including phenoxy) is 1. The second-order valence-corrected chi connectivity index (χ2v) is 7.34. The van der Waals surface area contributed by atoms with Gasteiger partial charge in [-0.25, -0.2) is 9.78 Å². The van der Waals surface area contributed by atoms with Crippen molar-refractivity contribution in [3.8, 4) is 17.3 Å². The Hall–Kier alpha value is -3.72. The van der Waals surface area contributed by atoms with Gasteiger partial charge in [-0.05, 0) is 30.0 Å². The Morgan fingerprint density at radius 2 is 1.90 bits per heavy atom. The molecule has 0 saturated heterocycles. The van der Waals surface area contributed by atoms with Crippen molar-refractivity contribution >= 4 is 22.8 Å². The number of esters is 1. The highest BCUT2D eigenvalue weighted by Gasteiger charge is 2.16. The predicted molar refractivity (Wildman–Crippen MR) is 119 cm³/mol. The van der Waals surface area contributed by atoms with E-state index in [9.17, 15) is 9.59 Å². The largest absolute Gasteiger partial charge is 0.452 e. The van der Waals surface area contributed by atoms with E-state index in [1.165, 1.54) is 5.56 Å². The normalized spacial score (nSPS) is 11.5. The summed E-state index contributed by atoms with van der Waals surface area (Å²) < 4.78 is 5.22. The summed E-state index contributed by atoms with van der Waals surface area (Å²) in [6.45, 7) is 4.17. The van der Waals surface area contributed by atoms with E-state index >= 15 is 0 Å². The van der Waals surface area contributed by atoms with Crippen LogP contribution in [0.15, 0.2) is 54.6 Å². The third kappa shape index (κ3) is 5.46. The molecule has 0 radical (unpaired) electrons. The second-order valence-electron chi connectivity index (χ2n) is 7.34. The van der Waals surface area contributed by atoms with Crippen LogP contribution in [0.2, 0.25) is 0 Å². The number of rotatable bonds is 8. The van der Waals surface area contributed by atoms with Gasteiger partial charge in [-0.3, -0.25) is 4.79 Å². The van der Waals surface area contributed by atoms with Gasteiger partial charge in [0.05, 0.1) is 29.3 Å². The van der Waals surface area contributed by atoms with Gasteiger partial charge in [0.25, 0.3) is 5.91 Å². The standard InChI is InChI=1S/C25H25N3O3/c1-3-17(2)18-9-11-19(12-10-18)23-15-21(20-7-4-5-8-22(20)28-23)25(30)31-16-24(29)27-14-6-13-26/h4-5,7-12,15,17H,3,6,14,16H2,1-2H3,(H,27,29). The predicted octanol–water partition coefficient (Wildman–Crippen LogP) is 4.60. The number of para-hydroxylation sites is 1. The first kappa shape index (κ1) is 22.0. The van der Waals surface area contributed by atoms with Crippen molar-refractivity contribution in [2.24, 2.45) is 0 Å². The van der Waals surface area contributed by atoms with E-state index in [-0.39, 0.29) is 13.0 Å². The fourth-order valence-electron chi connectivity index (χ4n) is 3.23. The van der Waals surface area contributed by atoms with Gasteiger partial charge in [-0.15, -0.1) is 0 Å². The molecule has 1 atom stereocenters. The van der Waals surface area contributed by atoms with E-state index in [1.54, 1.807) is 6.07 Å². The zero-order valence-corrected chi connectivity index (χ0v) is 17.7. The number of hydrogen-bond donors (Lipinski definition) is 1. The maximum Gasteiger partial charge on any atom is 0.339 e. The number of aromatic nitrogens is 1. The number of hydrogen-bond acceptors (Lipinski definition) is 5. The topological polar surface area (TPSA) is 92.1 Å². The molecular formula is C25H25N3O3. The molecule has 0 saturated carbocycles. The fourth-order valence-corrected chi connectivity index (χ4v) is 3.23. The van der Waals surface area contributed by atoms with Crippen LogP contribution in [0.4, 0.5) is 0 Å². The molecule has 1 unspecified atom stereocenters. The summed E-state index contributed by atoms with van der Waals surface area (Å²) in [4.78, 5) is 29.3. The van der Waals surface area contributed by atoms with Crippen molar-refractivity contribution in [3.63, 3.8) is 0 Å². The van der Waals surface area contributed by atoms with Crippen molar-refractivity contribution in [1.29, 1.82) is 5.26 Å². The van der Waals surface area contributed by atoms with Crippen LogP contribution in [0, 0.1) is 11.3 Å². The quantitative estimate of drug-likeness (QED) is 0.429. The average molecular weight is 415 g/mol. The van der Waals surface area contributed by atoms with E-state index in [2.05, 4.69) is 31.3 Å². The minimum atomic E-state index is -0.591. The Balaban J connectivity index is 1.86. The molecular weight excluding hydrogens is 390 g/mol. The molecule has 0 aliphatic heterocycles. The molecule has 1 N–H and O–H groups in total. The number of nitrogens with one attached hydrogen (secondary N) is 1. The van der Waals surface area contributed by atoms with Gasteiger partial charge in [0.2, 0.25) is 0 Å². The molecule has 31 heavy (non-hydrogen) atoms. The Morgan fingerprint density at radius 1 is 1.16 bits per heavy atom. The molecule has 3 aromatic rings. The summed E-state index contributed by atoms with van der Waals surface area (Å²) in [5.74, 6) is -0.558. The number of nitriles is 1. The summed E-state index contributed by atoms with van der Waals surface area (Å²) in [5.41, 5.74) is 3.86. The molecule has 6 heteroatoms. The van der Waals surface area contributed by atoms with Crippen LogP contribution in [0.3, 0.4) is 0 Å². The minimum Gasteiger partial charge on any atom is -0.452 e. The maximum absolute atomic E-state index is 12.8. The van der Waals surface area contributed by atoms with Crippen LogP contribution in [-0.2, 0) is 9.53 Å². The average Bonchev–Trinajstić information content (AvgIpc) is 2.81. The molecule has 0 bridgehead atoms. The Morgan fingerprint density at radius 3 is 2.61 bits per heavy atom. The Labute approximate surface area is 181 Å². The van der Waals surface area contributed by atoms with Crippen molar-refractivity contribution in [2.45, 2.75) is 32.6 Å². The Bertz CT molecular complexity index is 1120. The van der Waals surface area contributed by atoms with Gasteiger partial charge < -0.3 is 10.1 Å². The fraction of sp³-hybridized carbons (Fsp3) is 0.280. The first-order chi connectivity index (χ1) is 15.0. The third-order valence-electron chi connectivity index (χ3n) is 5.22. The molecule has 2 aromatic carbocycles. The highest BCUT2D eigenvalue weighted by molar-refractivity contribution is 6.05. The number of nitrogens with zero attached hydrogens (tertiary/aromatic N) is 2. The molecule has 1 aromatic heterocycles. The lowest BCUT2D eigenvalue weighted by atomic mass is 9.96. The smallest absolute Gasteiger partial charge is 0.339 e. The van der Waals surface area contributed by atoms with Crippen LogP contribution in [0.5, 0.6) is 0 Å². The summed E-state index contributed by atoms with van der Waals surface area (Å²) in [6.07, 6.45) is 1.27. The zero-order chi connectivity index (χ0) is 22.2. The van der Waals surface area contributed by atoms with Gasteiger partial charge in [-0.1, -0.05) is 56.3 Å². The Kier molecular flexibility index (Phi) is 7.34. The lowest BCUT2D eigenvalue weighted by Gasteiger charge is -2.12. The number of carbonyl (C=O) groups excluding carboxylic acids is 2. The number of pyridine rings is 1. The monoisotopic (exact) mass is 415 g/mol. The molecule has 6 nitrogen and oxygen atoms in total. The lowest BCUT2D eigenvalue weighted by Crippen LogP contribution is -2.29. The SMILES string of the molecule is CCC(C)c1ccc(-c2cc(C(=O)OCC(=O)NCCC#N)c3ccccc3n2)cc1. The van der Waals surface area contributed by atoms with Crippen molar-refractivity contribution < 1.29 is 14.3 Å². The second kappa shape index (κ2) is 10.4. The summed E-state index contributed by atoms with van der Waals surface area (Å²) in [5, 5.41) is 11.7. The van der Waals surface area contributed by atoms with E-state index in [1.807, 2.05) is 42.5 Å². The van der Waals surface area contributed by atoms with Crippen LogP contribution in [0.25, 0.3) is 22.2 Å². The van der Waals surface area contributed by atoms with Gasteiger partial charge in [0.15, 0.2) is 6.61 Å². The van der Waals surface area contributed by atoms with E-state index in [0.29, 0.717) is 28.1 Å². The number of benzene rings is 2. The van der Waals surface area contributed by atoms with Crippen LogP contribution >= 0.6 is 0 Å². The molecule has 1 amide bonds. The van der Waals surface area contributed by atoms with Crippen LogP contribution in [0.1, 0.15) is 48.5 Å². The van der Waals surface area contributed by atoms with E-state index < -0.39 is 18.5 Å². The molecule has 0 aliphatic carbocycles. The maximum atomic E-state index is 12.8. The van der Waals surface area contributed by atoms with Gasteiger partial charge in [-0.2, -0.15) is 5.26 Å². The first-order valence-corrected chi connectivity index (χ1v) is 10.3. The lowest BCUT2D eigenvalue weighted by molar-refractivity contribution is -0.124. The number of carbonyl (C=O) groups is 2. The van der Waals surface area contributed by atoms with E-state index in [0.717, 1.165) is 12.0 Å². The van der Waals surface area contributed by atoms with Crippen molar-refractivity contribution in [1.82, 2.24) is 10.3 Å². The molecule has 0 aliphatic rings. The molecule has 1 heterocycles. The van der Waals surface area contributed by atoms with Gasteiger partial charge >= 0.3 is 5.97 Å². The van der Waals surface area contributed by atoms with E-state index in [4.69, 9.17) is 15.0 Å². The van der Waals surface area contributed by atoms with Gasteiger partial charge in [0.1, 0.15) is 0 Å².